The quantitative estimate of drug-likeness (QED) is 0.374. The molecule has 9 heteroatoms. The number of hydrazone groups is 1. The van der Waals surface area contributed by atoms with Crippen LogP contribution in [0.4, 0.5) is 5.69 Å². The Bertz CT molecular complexity index is 1050. The predicted molar refractivity (Wildman–Crippen MR) is 92.4 cm³/mol. The van der Waals surface area contributed by atoms with Gasteiger partial charge in [0, 0.05) is 23.3 Å². The van der Waals surface area contributed by atoms with Crippen LogP contribution in [0.15, 0.2) is 45.9 Å². The number of rotatable bonds is 4. The molecule has 3 N–H and O–H groups in total. The summed E-state index contributed by atoms with van der Waals surface area (Å²) >= 11 is 0. The first kappa shape index (κ1) is 17.0. The Morgan fingerprint density at radius 3 is 2.73 bits per heavy atom. The summed E-state index contributed by atoms with van der Waals surface area (Å²) < 4.78 is 5.43. The fourth-order valence-electron chi connectivity index (χ4n) is 2.47. The van der Waals surface area contributed by atoms with Gasteiger partial charge in [-0.15, -0.1) is 0 Å². The summed E-state index contributed by atoms with van der Waals surface area (Å²) in [6.07, 6.45) is 1.08. The minimum Gasteiger partial charge on any atom is -0.507 e. The van der Waals surface area contributed by atoms with Crippen LogP contribution in [0.5, 0.6) is 11.5 Å². The van der Waals surface area contributed by atoms with Crippen molar-refractivity contribution in [2.75, 3.05) is 0 Å². The van der Waals surface area contributed by atoms with E-state index in [9.17, 15) is 25.1 Å². The molecule has 0 aliphatic carbocycles. The molecule has 0 bridgehead atoms. The SMILES string of the molecule is Cc1c(C(=O)N/N=C\c2cc([N+](=O)[O-])ccc2O)oc2cccc(O)c12. The smallest absolute Gasteiger partial charge is 0.307 e. The normalized spacial score (nSPS) is 11.1. The van der Waals surface area contributed by atoms with Gasteiger partial charge < -0.3 is 14.6 Å². The van der Waals surface area contributed by atoms with Crippen molar-refractivity contribution >= 4 is 28.8 Å². The number of carbonyl (C=O) groups is 1. The van der Waals surface area contributed by atoms with E-state index in [0.717, 1.165) is 24.4 Å². The van der Waals surface area contributed by atoms with Crippen LogP contribution in [-0.4, -0.2) is 27.3 Å². The number of nitro benzene ring substituents is 1. The van der Waals surface area contributed by atoms with Gasteiger partial charge in [-0.05, 0) is 25.1 Å². The third kappa shape index (κ3) is 3.05. The van der Waals surface area contributed by atoms with E-state index in [1.165, 1.54) is 6.07 Å². The van der Waals surface area contributed by atoms with Crippen LogP contribution in [-0.2, 0) is 0 Å². The Balaban J connectivity index is 1.82. The minimum absolute atomic E-state index is 0.00665. The van der Waals surface area contributed by atoms with Gasteiger partial charge in [0.25, 0.3) is 5.69 Å². The van der Waals surface area contributed by atoms with E-state index in [2.05, 4.69) is 10.5 Å². The molecule has 26 heavy (non-hydrogen) atoms. The number of non-ortho nitro benzene ring substituents is 1. The van der Waals surface area contributed by atoms with Crippen molar-refractivity contribution in [3.63, 3.8) is 0 Å². The van der Waals surface area contributed by atoms with Crippen molar-refractivity contribution in [1.82, 2.24) is 5.43 Å². The molecule has 1 amide bonds. The van der Waals surface area contributed by atoms with E-state index in [4.69, 9.17) is 4.42 Å². The first-order valence-electron chi connectivity index (χ1n) is 7.40. The van der Waals surface area contributed by atoms with Gasteiger partial charge in [0.1, 0.15) is 17.1 Å². The number of carbonyl (C=O) groups excluding carboxylic acids is 1. The number of hydrogen-bond acceptors (Lipinski definition) is 7. The van der Waals surface area contributed by atoms with Gasteiger partial charge in [0.15, 0.2) is 5.76 Å². The van der Waals surface area contributed by atoms with E-state index in [-0.39, 0.29) is 28.5 Å². The number of benzene rings is 2. The topological polar surface area (TPSA) is 138 Å². The molecular formula is C17H13N3O6. The third-order valence-corrected chi connectivity index (χ3v) is 3.73. The molecule has 1 aromatic heterocycles. The zero-order chi connectivity index (χ0) is 18.8. The van der Waals surface area contributed by atoms with Crippen molar-refractivity contribution in [3.05, 3.63) is 63.4 Å². The van der Waals surface area contributed by atoms with Crippen molar-refractivity contribution in [2.45, 2.75) is 6.92 Å². The van der Waals surface area contributed by atoms with Crippen molar-refractivity contribution < 1.29 is 24.3 Å². The van der Waals surface area contributed by atoms with Crippen molar-refractivity contribution in [2.24, 2.45) is 5.10 Å². The van der Waals surface area contributed by atoms with Crippen LogP contribution in [0, 0.1) is 17.0 Å². The van der Waals surface area contributed by atoms with E-state index in [1.807, 2.05) is 0 Å². The van der Waals surface area contributed by atoms with Crippen LogP contribution in [0.2, 0.25) is 0 Å². The second-order valence-electron chi connectivity index (χ2n) is 5.41. The molecule has 3 aromatic rings. The highest BCUT2D eigenvalue weighted by Crippen LogP contribution is 2.32. The maximum absolute atomic E-state index is 12.2. The van der Waals surface area contributed by atoms with Crippen LogP contribution in [0.25, 0.3) is 11.0 Å². The number of aryl methyl sites for hydroxylation is 1. The Labute approximate surface area is 146 Å². The maximum Gasteiger partial charge on any atom is 0.307 e. The molecule has 0 fully saturated rings. The Kier molecular flexibility index (Phi) is 4.27. The van der Waals surface area contributed by atoms with Crippen LogP contribution in [0.1, 0.15) is 21.7 Å². The number of phenols is 2. The van der Waals surface area contributed by atoms with Crippen LogP contribution >= 0.6 is 0 Å². The number of phenolic OH excluding ortho intramolecular Hbond substituents is 2. The van der Waals surface area contributed by atoms with Gasteiger partial charge in [-0.2, -0.15) is 5.10 Å². The molecule has 0 aliphatic rings. The number of aromatic hydroxyl groups is 2. The summed E-state index contributed by atoms with van der Waals surface area (Å²) in [4.78, 5) is 22.4. The molecule has 3 rings (SSSR count). The summed E-state index contributed by atoms with van der Waals surface area (Å²) in [5.74, 6) is -0.924. The number of nitrogens with one attached hydrogen (secondary N) is 1. The average molecular weight is 355 g/mol. The fourth-order valence-corrected chi connectivity index (χ4v) is 2.47. The zero-order valence-electron chi connectivity index (χ0n) is 13.5. The fraction of sp³-hybridized carbons (Fsp3) is 0.0588. The average Bonchev–Trinajstić information content (AvgIpc) is 2.94. The lowest BCUT2D eigenvalue weighted by Crippen LogP contribution is -2.17. The standard InChI is InChI=1S/C17H13N3O6/c1-9-15-13(22)3-2-4-14(15)26-16(9)17(23)19-18-8-10-7-11(20(24)25)5-6-12(10)21/h2-8,21-22H,1H3,(H,19,23)/b18-8-. The van der Waals surface area contributed by atoms with Crippen molar-refractivity contribution in [1.29, 1.82) is 0 Å². The lowest BCUT2D eigenvalue weighted by atomic mass is 10.1. The summed E-state index contributed by atoms with van der Waals surface area (Å²) in [5, 5.41) is 34.4. The molecule has 0 radical (unpaired) electrons. The molecule has 1 heterocycles. The number of fused-ring (bicyclic) bond motifs is 1. The number of nitrogens with zero attached hydrogens (tertiary/aromatic N) is 2. The van der Waals surface area contributed by atoms with Gasteiger partial charge >= 0.3 is 5.91 Å². The molecule has 0 saturated carbocycles. The van der Waals surface area contributed by atoms with Gasteiger partial charge in [0.05, 0.1) is 16.5 Å². The Morgan fingerprint density at radius 1 is 1.27 bits per heavy atom. The molecule has 0 saturated heterocycles. The highest BCUT2D eigenvalue weighted by molar-refractivity contribution is 6.01. The number of furan rings is 1. The van der Waals surface area contributed by atoms with Crippen LogP contribution in [0.3, 0.4) is 0 Å². The summed E-state index contributed by atoms with van der Waals surface area (Å²) in [7, 11) is 0. The van der Waals surface area contributed by atoms with Gasteiger partial charge in [-0.1, -0.05) is 6.07 Å². The van der Waals surface area contributed by atoms with E-state index >= 15 is 0 Å². The summed E-state index contributed by atoms with van der Waals surface area (Å²) in [6.45, 7) is 1.62. The van der Waals surface area contributed by atoms with E-state index in [0.29, 0.717) is 16.5 Å². The largest absolute Gasteiger partial charge is 0.507 e. The molecule has 0 aliphatic heterocycles. The molecule has 0 spiro atoms. The highest BCUT2D eigenvalue weighted by Gasteiger charge is 2.19. The summed E-state index contributed by atoms with van der Waals surface area (Å²) in [6, 6.07) is 8.11. The lowest BCUT2D eigenvalue weighted by molar-refractivity contribution is -0.384. The number of amides is 1. The highest BCUT2D eigenvalue weighted by atomic mass is 16.6. The number of nitro groups is 1. The van der Waals surface area contributed by atoms with Crippen molar-refractivity contribution in [3.8, 4) is 11.5 Å². The minimum atomic E-state index is -0.667. The molecule has 132 valence electrons. The third-order valence-electron chi connectivity index (χ3n) is 3.73. The molecule has 0 unspecified atom stereocenters. The summed E-state index contributed by atoms with van der Waals surface area (Å²) in [5.41, 5.74) is 2.87. The monoisotopic (exact) mass is 355 g/mol. The first-order valence-corrected chi connectivity index (χ1v) is 7.40. The van der Waals surface area contributed by atoms with Gasteiger partial charge in [0.2, 0.25) is 0 Å². The van der Waals surface area contributed by atoms with E-state index < -0.39 is 10.8 Å². The van der Waals surface area contributed by atoms with E-state index in [1.54, 1.807) is 19.1 Å². The predicted octanol–water partition coefficient (Wildman–Crippen LogP) is 2.82. The molecular weight excluding hydrogens is 342 g/mol. The lowest BCUT2D eigenvalue weighted by Gasteiger charge is -2.00. The second-order valence-corrected chi connectivity index (χ2v) is 5.41. The number of hydrogen-bond donors (Lipinski definition) is 3. The van der Waals surface area contributed by atoms with Gasteiger partial charge in [-0.3, -0.25) is 14.9 Å². The van der Waals surface area contributed by atoms with Gasteiger partial charge in [-0.25, -0.2) is 5.43 Å². The molecule has 9 nitrogen and oxygen atoms in total. The maximum atomic E-state index is 12.2. The first-order chi connectivity index (χ1) is 12.4. The molecule has 2 aromatic carbocycles. The second kappa shape index (κ2) is 6.55. The Hall–Kier alpha value is -3.88. The zero-order valence-corrected chi connectivity index (χ0v) is 13.5. The molecule has 0 atom stereocenters. The Morgan fingerprint density at radius 2 is 2.04 bits per heavy atom. The van der Waals surface area contributed by atoms with Crippen LogP contribution < -0.4 is 5.43 Å².